The maximum atomic E-state index is 12.3. The molecule has 3 N–H and O–H groups in total. The summed E-state index contributed by atoms with van der Waals surface area (Å²) in [5.74, 6) is 0.610. The van der Waals surface area contributed by atoms with Gasteiger partial charge in [0.15, 0.2) is 11.7 Å². The third kappa shape index (κ3) is 3.67. The fourth-order valence-electron chi connectivity index (χ4n) is 2.97. The van der Waals surface area contributed by atoms with E-state index in [0.717, 1.165) is 0 Å². The van der Waals surface area contributed by atoms with Crippen molar-refractivity contribution in [3.05, 3.63) is 17.5 Å². The molecule has 3 rings (SSSR count). The number of carbonyl (C=O) groups excluding carboxylic acids is 1. The molecule has 0 aliphatic carbocycles. The summed E-state index contributed by atoms with van der Waals surface area (Å²) in [4.78, 5) is 13.7. The molecule has 0 unspecified atom stereocenters. The second kappa shape index (κ2) is 6.50. The van der Waals surface area contributed by atoms with Crippen molar-refractivity contribution in [1.29, 1.82) is 5.41 Å². The van der Waals surface area contributed by atoms with Crippen molar-refractivity contribution >= 4 is 22.4 Å². The van der Waals surface area contributed by atoms with Crippen molar-refractivity contribution < 1.29 is 28.0 Å². The fourth-order valence-corrected chi connectivity index (χ4v) is 3.35. The molecule has 0 radical (unpaired) electrons. The number of piperidine rings is 1. The van der Waals surface area contributed by atoms with Crippen molar-refractivity contribution in [2.24, 2.45) is 0 Å². The van der Waals surface area contributed by atoms with Gasteiger partial charge < -0.3 is 24.6 Å². The Bertz CT molecular complexity index is 785. The Morgan fingerprint density at radius 2 is 2.36 bits per heavy atom. The molecule has 2 bridgehead atoms. The second-order valence-corrected chi connectivity index (χ2v) is 6.65. The van der Waals surface area contributed by atoms with E-state index < -0.39 is 28.5 Å². The largest absolute Gasteiger partial charge is 1.00 e. The van der Waals surface area contributed by atoms with E-state index in [1.54, 1.807) is 13.1 Å². The molecule has 0 saturated carbocycles. The van der Waals surface area contributed by atoms with Gasteiger partial charge in [0.05, 0.1) is 18.6 Å². The molecule has 25 heavy (non-hydrogen) atoms. The first-order chi connectivity index (χ1) is 11.8. The van der Waals surface area contributed by atoms with Crippen LogP contribution < -0.4 is 10.6 Å². The lowest BCUT2D eigenvalue weighted by molar-refractivity contribution is -0.0328. The van der Waals surface area contributed by atoms with E-state index in [1.165, 1.54) is 4.90 Å². The SMILES string of the molecule is CNC(=N)NCc1cc([C@@H]2CC[C@@H]3CN2C(=O)N3OS(=O)(=O)[O-])no1.[H+]. The molecule has 2 atom stereocenters. The number of hydrogen-bond acceptors (Lipinski definition) is 8. The van der Waals surface area contributed by atoms with Crippen LogP contribution in [0.1, 0.15) is 31.8 Å². The summed E-state index contributed by atoms with van der Waals surface area (Å²) in [5.41, 5.74) is 0.520. The molecule has 1 aromatic rings. The molecule has 2 saturated heterocycles. The Morgan fingerprint density at radius 3 is 3.04 bits per heavy atom. The number of nitrogens with zero attached hydrogens (tertiary/aromatic N) is 3. The lowest BCUT2D eigenvalue weighted by Crippen LogP contribution is -2.35. The summed E-state index contributed by atoms with van der Waals surface area (Å²) in [6, 6.07) is 0.0957. The predicted molar refractivity (Wildman–Crippen MR) is 81.7 cm³/mol. The van der Waals surface area contributed by atoms with Crippen LogP contribution in [-0.2, 0) is 21.2 Å². The molecule has 1 aromatic heterocycles. The van der Waals surface area contributed by atoms with Crippen molar-refractivity contribution in [3.63, 3.8) is 0 Å². The minimum Gasteiger partial charge on any atom is -0.724 e. The average Bonchev–Trinajstić information content (AvgIpc) is 3.12. The molecule has 2 fully saturated rings. The first-order valence-electron chi connectivity index (χ1n) is 7.49. The minimum absolute atomic E-state index is 0. The number of guanidine groups is 1. The molecule has 13 heteroatoms. The van der Waals surface area contributed by atoms with Crippen molar-refractivity contribution in [2.75, 3.05) is 13.6 Å². The van der Waals surface area contributed by atoms with Crippen LogP contribution in [0.3, 0.4) is 0 Å². The number of fused-ring (bicyclic) bond motifs is 2. The molecule has 2 aliphatic rings. The molecule has 0 aromatic carbocycles. The van der Waals surface area contributed by atoms with Crippen LogP contribution in [0.5, 0.6) is 0 Å². The zero-order valence-electron chi connectivity index (χ0n) is 14.3. The van der Waals surface area contributed by atoms with Crippen molar-refractivity contribution in [2.45, 2.75) is 31.5 Å². The Hall–Kier alpha value is -2.38. The van der Waals surface area contributed by atoms with Gasteiger partial charge in [-0.3, -0.25) is 5.41 Å². The predicted octanol–water partition coefficient (Wildman–Crippen LogP) is -0.636. The zero-order chi connectivity index (χ0) is 18.2. The number of rotatable bonds is 5. The van der Waals surface area contributed by atoms with Crippen LogP contribution >= 0.6 is 0 Å². The summed E-state index contributed by atoms with van der Waals surface area (Å²) in [7, 11) is -3.41. The first kappa shape index (κ1) is 17.4. The highest BCUT2D eigenvalue weighted by atomic mass is 32.3. The molecule has 138 valence electrons. The van der Waals surface area contributed by atoms with E-state index in [1.807, 2.05) is 0 Å². The molecule has 2 aliphatic heterocycles. The monoisotopic (exact) mass is 374 g/mol. The number of carbonyl (C=O) groups is 1. The van der Waals surface area contributed by atoms with Gasteiger partial charge in [-0.2, -0.15) is 9.35 Å². The van der Waals surface area contributed by atoms with E-state index in [-0.39, 0.29) is 20.5 Å². The van der Waals surface area contributed by atoms with E-state index in [2.05, 4.69) is 20.1 Å². The summed E-state index contributed by atoms with van der Waals surface area (Å²) >= 11 is 0. The highest BCUT2D eigenvalue weighted by molar-refractivity contribution is 7.80. The van der Waals surface area contributed by atoms with E-state index in [0.29, 0.717) is 29.4 Å². The van der Waals surface area contributed by atoms with Crippen LogP contribution in [0, 0.1) is 5.41 Å². The smallest absolute Gasteiger partial charge is 0.724 e. The Balaban J connectivity index is 0.00000243. The van der Waals surface area contributed by atoms with Crippen LogP contribution in [0.25, 0.3) is 0 Å². The third-order valence-electron chi connectivity index (χ3n) is 4.10. The molecule has 2 amide bonds. The highest BCUT2D eigenvalue weighted by Gasteiger charge is 2.47. The molecular weight excluding hydrogens is 356 g/mol. The highest BCUT2D eigenvalue weighted by Crippen LogP contribution is 2.38. The lowest BCUT2D eigenvalue weighted by atomic mass is 9.98. The fraction of sp³-hybridized carbons (Fsp3) is 0.583. The normalized spacial score (nSPS) is 23.0. The van der Waals surface area contributed by atoms with Gasteiger partial charge in [-0.05, 0) is 12.8 Å². The van der Waals surface area contributed by atoms with E-state index in [4.69, 9.17) is 9.93 Å². The van der Waals surface area contributed by atoms with E-state index in [9.17, 15) is 17.8 Å². The summed E-state index contributed by atoms with van der Waals surface area (Å²) in [6.45, 7) is 0.490. The van der Waals surface area contributed by atoms with Crippen LogP contribution in [0.4, 0.5) is 4.79 Å². The van der Waals surface area contributed by atoms with Crippen molar-refractivity contribution in [3.8, 4) is 0 Å². The van der Waals surface area contributed by atoms with Gasteiger partial charge in [0.2, 0.25) is 10.4 Å². The number of hydroxylamine groups is 2. The summed E-state index contributed by atoms with van der Waals surface area (Å²) in [6.07, 6.45) is 0.994. The van der Waals surface area contributed by atoms with Gasteiger partial charge >= 0.3 is 7.46 Å². The molecule has 12 nitrogen and oxygen atoms in total. The number of aromatic nitrogens is 1. The number of nitrogens with one attached hydrogen (secondary N) is 3. The van der Waals surface area contributed by atoms with Gasteiger partial charge in [0, 0.05) is 19.7 Å². The molecule has 3 heterocycles. The third-order valence-corrected chi connectivity index (χ3v) is 4.45. The minimum atomic E-state index is -5.02. The quantitative estimate of drug-likeness (QED) is 0.263. The Morgan fingerprint density at radius 1 is 1.60 bits per heavy atom. The van der Waals surface area contributed by atoms with Gasteiger partial charge in [-0.1, -0.05) is 5.16 Å². The van der Waals surface area contributed by atoms with Crippen molar-refractivity contribution in [1.82, 2.24) is 25.8 Å². The van der Waals surface area contributed by atoms with Gasteiger partial charge in [-0.25, -0.2) is 13.2 Å². The second-order valence-electron chi connectivity index (χ2n) is 5.69. The molecular formula is C12H18N6O6S. The zero-order valence-corrected chi connectivity index (χ0v) is 14.1. The lowest BCUT2D eigenvalue weighted by Gasteiger charge is -2.28. The maximum Gasteiger partial charge on any atom is 1.00 e. The standard InChI is InChI=1S/C12H18N6O6S/c1-14-11(13)15-5-8-4-9(16-23-8)10-3-2-7-6-17(10)12(19)18(7)24-25(20,21)22/h4,7,10H,2-3,5-6H2,1H3,(H3,13,14,15)(H,20,21,22)/t7-,10+/m1/s1. The number of amides is 2. The first-order valence-corrected chi connectivity index (χ1v) is 8.82. The summed E-state index contributed by atoms with van der Waals surface area (Å²) < 4.78 is 41.8. The number of hydrogen-bond donors (Lipinski definition) is 3. The Labute approximate surface area is 145 Å². The van der Waals surface area contributed by atoms with Crippen LogP contribution in [-0.4, -0.2) is 59.7 Å². The Kier molecular flexibility index (Phi) is 4.53. The topological polar surface area (TPSA) is 164 Å². The average molecular weight is 374 g/mol. The van der Waals surface area contributed by atoms with Crippen LogP contribution in [0.2, 0.25) is 0 Å². The molecule has 0 spiro atoms. The van der Waals surface area contributed by atoms with Gasteiger partial charge in [0.1, 0.15) is 5.69 Å². The summed E-state index contributed by atoms with van der Waals surface area (Å²) in [5, 5.41) is 17.4. The van der Waals surface area contributed by atoms with Crippen LogP contribution in [0.15, 0.2) is 10.6 Å². The van der Waals surface area contributed by atoms with Gasteiger partial charge in [0.25, 0.3) is 0 Å². The maximum absolute atomic E-state index is 12.3. The van der Waals surface area contributed by atoms with E-state index >= 15 is 0 Å². The van der Waals surface area contributed by atoms with Gasteiger partial charge in [-0.15, -0.1) is 0 Å². The number of urea groups is 1.